The van der Waals surface area contributed by atoms with Gasteiger partial charge >= 0.3 is 0 Å². The van der Waals surface area contributed by atoms with Gasteiger partial charge < -0.3 is 25.4 Å². The molecular weight excluding hydrogens is 474 g/mol. The van der Waals surface area contributed by atoms with E-state index in [-0.39, 0.29) is 12.0 Å². The Balaban J connectivity index is 1.39. The highest BCUT2D eigenvalue weighted by molar-refractivity contribution is 9.11. The van der Waals surface area contributed by atoms with E-state index in [4.69, 9.17) is 0 Å². The van der Waals surface area contributed by atoms with Crippen LogP contribution in [-0.2, 0) is 22.6 Å². The number of carbonyl (C=O) groups is 2. The summed E-state index contributed by atoms with van der Waals surface area (Å²) < 4.78 is 1.09. The van der Waals surface area contributed by atoms with Gasteiger partial charge in [0.05, 0.1) is 6.54 Å². The van der Waals surface area contributed by atoms with Crippen LogP contribution in [0.2, 0.25) is 0 Å². The average molecular weight is 502 g/mol. The van der Waals surface area contributed by atoms with Gasteiger partial charge in [-0.25, -0.2) is 0 Å². The molecule has 1 unspecified atom stereocenters. The molecule has 8 heteroatoms. The molecule has 1 aromatic heterocycles. The monoisotopic (exact) mass is 501 g/mol. The van der Waals surface area contributed by atoms with Gasteiger partial charge in [-0.1, -0.05) is 53.2 Å². The van der Waals surface area contributed by atoms with E-state index < -0.39 is 24.0 Å². The van der Waals surface area contributed by atoms with E-state index in [0.717, 1.165) is 33.1 Å². The third kappa shape index (κ3) is 4.40. The topological polar surface area (TPSA) is 106 Å². The Morgan fingerprint density at radius 1 is 1.22 bits per heavy atom. The fourth-order valence-electron chi connectivity index (χ4n) is 4.63. The fourth-order valence-corrected chi connectivity index (χ4v) is 5.25. The summed E-state index contributed by atoms with van der Waals surface area (Å²) in [5.41, 5.74) is 4.12. The quantitative estimate of drug-likeness (QED) is 0.504. The molecule has 0 spiro atoms. The van der Waals surface area contributed by atoms with Gasteiger partial charge in [-0.3, -0.25) is 9.59 Å². The number of aliphatic hydroxyl groups is 2. The molecule has 2 aliphatic rings. The van der Waals surface area contributed by atoms with Crippen LogP contribution in [0.25, 0.3) is 10.9 Å². The number of fused-ring (bicyclic) bond motifs is 3. The van der Waals surface area contributed by atoms with Crippen molar-refractivity contribution in [2.24, 2.45) is 5.92 Å². The Bertz CT molecular complexity index is 1110. The molecule has 2 heterocycles. The summed E-state index contributed by atoms with van der Waals surface area (Å²) in [4.78, 5) is 30.2. The maximum Gasteiger partial charge on any atom is 0.255 e. The van der Waals surface area contributed by atoms with E-state index in [1.54, 1.807) is 0 Å². The summed E-state index contributed by atoms with van der Waals surface area (Å²) in [6, 6.07) is 7.64. The first-order valence-electron chi connectivity index (χ1n) is 10.9. The van der Waals surface area contributed by atoms with Crippen LogP contribution in [0, 0.1) is 5.92 Å². The maximum absolute atomic E-state index is 12.8. The van der Waals surface area contributed by atoms with Crippen molar-refractivity contribution in [3.8, 4) is 0 Å². The lowest BCUT2D eigenvalue weighted by Gasteiger charge is -2.31. The van der Waals surface area contributed by atoms with Gasteiger partial charge in [-0.15, -0.1) is 0 Å². The lowest BCUT2D eigenvalue weighted by atomic mass is 9.88. The van der Waals surface area contributed by atoms with Gasteiger partial charge in [-0.2, -0.15) is 0 Å². The van der Waals surface area contributed by atoms with Crippen LogP contribution < -0.4 is 5.32 Å². The van der Waals surface area contributed by atoms with Gasteiger partial charge in [-0.05, 0) is 47.4 Å². The molecule has 7 nitrogen and oxygen atoms in total. The Hall–Kier alpha value is -2.42. The fraction of sp³-hybridized carbons (Fsp3) is 0.417. The number of allylic oxidation sites excluding steroid dienone is 3. The Morgan fingerprint density at radius 3 is 2.72 bits per heavy atom. The predicted octanol–water partition coefficient (Wildman–Crippen LogP) is 2.52. The highest BCUT2D eigenvalue weighted by atomic mass is 79.9. The molecule has 0 bridgehead atoms. The standard InChI is InChI=1S/C24H28BrN3O4/c1-13-11-15(25)7-8-16(13)14(2)26-23(31)21(29)22(30)24(32)28-10-9-18-17-5-3-4-6-19(17)27-20(18)12-28/h3-8,13-14,21-22,27,29-30H,9-12H2,1-2H3,(H,26,31)/t13?,14-,21+,22+/m0/s1. The third-order valence-corrected chi connectivity index (χ3v) is 6.99. The van der Waals surface area contributed by atoms with Gasteiger partial charge in [0.1, 0.15) is 0 Å². The minimum atomic E-state index is -1.84. The molecule has 0 saturated heterocycles. The molecule has 2 aromatic rings. The van der Waals surface area contributed by atoms with E-state index in [1.807, 2.05) is 43.3 Å². The van der Waals surface area contributed by atoms with Crippen molar-refractivity contribution >= 4 is 38.6 Å². The second-order valence-corrected chi connectivity index (χ2v) is 9.66. The number of carbonyl (C=O) groups excluding carboxylic acids is 2. The van der Waals surface area contributed by atoms with Crippen molar-refractivity contribution in [3.05, 3.63) is 57.7 Å². The van der Waals surface area contributed by atoms with Gasteiger partial charge in [0, 0.05) is 29.2 Å². The average Bonchev–Trinajstić information content (AvgIpc) is 3.15. The van der Waals surface area contributed by atoms with Crippen LogP contribution in [0.4, 0.5) is 0 Å². The normalized spacial score (nSPS) is 21.3. The van der Waals surface area contributed by atoms with E-state index in [2.05, 4.69) is 33.2 Å². The number of aromatic nitrogens is 1. The Labute approximate surface area is 195 Å². The minimum Gasteiger partial charge on any atom is -0.380 e. The molecule has 0 radical (unpaired) electrons. The van der Waals surface area contributed by atoms with Crippen LogP contribution >= 0.6 is 15.9 Å². The highest BCUT2D eigenvalue weighted by Crippen LogP contribution is 2.30. The number of hydrogen-bond donors (Lipinski definition) is 4. The van der Waals surface area contributed by atoms with Crippen LogP contribution in [0.3, 0.4) is 0 Å². The molecule has 1 aromatic carbocycles. The summed E-state index contributed by atoms with van der Waals surface area (Å²) in [6.07, 6.45) is 1.72. The lowest BCUT2D eigenvalue weighted by molar-refractivity contribution is -0.154. The molecule has 0 fully saturated rings. The summed E-state index contributed by atoms with van der Waals surface area (Å²) >= 11 is 3.48. The molecule has 0 saturated carbocycles. The SMILES string of the molecule is CC1CC(Br)=CC=C1[C@H](C)NC(=O)[C@H](O)[C@@H](O)C(=O)N1CCc2c([nH]c3ccccc23)C1. The number of nitrogens with one attached hydrogen (secondary N) is 2. The van der Waals surface area contributed by atoms with Crippen molar-refractivity contribution < 1.29 is 19.8 Å². The number of hydrogen-bond acceptors (Lipinski definition) is 4. The second-order valence-electron chi connectivity index (χ2n) is 8.64. The first-order chi connectivity index (χ1) is 15.3. The molecule has 4 N–H and O–H groups in total. The summed E-state index contributed by atoms with van der Waals surface area (Å²) in [7, 11) is 0. The number of para-hydroxylation sites is 1. The first kappa shape index (κ1) is 22.8. The summed E-state index contributed by atoms with van der Waals surface area (Å²) in [6.45, 7) is 4.61. The maximum atomic E-state index is 12.8. The zero-order chi connectivity index (χ0) is 23.0. The molecule has 2 amide bonds. The first-order valence-corrected chi connectivity index (χ1v) is 11.7. The Kier molecular flexibility index (Phi) is 6.55. The zero-order valence-electron chi connectivity index (χ0n) is 18.1. The number of aliphatic hydroxyl groups excluding tert-OH is 2. The number of amides is 2. The van der Waals surface area contributed by atoms with E-state index in [0.29, 0.717) is 19.5 Å². The van der Waals surface area contributed by atoms with Crippen molar-refractivity contribution in [2.75, 3.05) is 6.54 Å². The Morgan fingerprint density at radius 2 is 1.97 bits per heavy atom. The highest BCUT2D eigenvalue weighted by Gasteiger charge is 2.36. The molecular formula is C24H28BrN3O4. The van der Waals surface area contributed by atoms with Crippen molar-refractivity contribution in [1.29, 1.82) is 0 Å². The van der Waals surface area contributed by atoms with Gasteiger partial charge in [0.2, 0.25) is 0 Å². The lowest BCUT2D eigenvalue weighted by Crippen LogP contribution is -2.53. The summed E-state index contributed by atoms with van der Waals surface area (Å²) in [5.74, 6) is -1.18. The smallest absolute Gasteiger partial charge is 0.255 e. The number of aromatic amines is 1. The van der Waals surface area contributed by atoms with Crippen molar-refractivity contribution in [3.63, 3.8) is 0 Å². The summed E-state index contributed by atoms with van der Waals surface area (Å²) in [5, 5.41) is 24.7. The number of benzene rings is 1. The largest absolute Gasteiger partial charge is 0.380 e. The van der Waals surface area contributed by atoms with Crippen molar-refractivity contribution in [1.82, 2.24) is 15.2 Å². The number of halogens is 1. The van der Waals surface area contributed by atoms with Gasteiger partial charge in [0.25, 0.3) is 11.8 Å². The molecule has 170 valence electrons. The molecule has 4 rings (SSSR count). The van der Waals surface area contributed by atoms with E-state index >= 15 is 0 Å². The predicted molar refractivity (Wildman–Crippen MR) is 126 cm³/mol. The van der Waals surface area contributed by atoms with Crippen LogP contribution in [-0.4, -0.2) is 56.7 Å². The van der Waals surface area contributed by atoms with Crippen molar-refractivity contribution in [2.45, 2.75) is 51.5 Å². The minimum absolute atomic E-state index is 0.229. The zero-order valence-corrected chi connectivity index (χ0v) is 19.7. The molecule has 1 aliphatic heterocycles. The van der Waals surface area contributed by atoms with Crippen LogP contribution in [0.5, 0.6) is 0 Å². The third-order valence-electron chi connectivity index (χ3n) is 6.40. The number of nitrogens with zero attached hydrogens (tertiary/aromatic N) is 1. The molecule has 4 atom stereocenters. The number of H-pyrrole nitrogens is 1. The second kappa shape index (κ2) is 9.21. The van der Waals surface area contributed by atoms with Crippen LogP contribution in [0.1, 0.15) is 31.5 Å². The van der Waals surface area contributed by atoms with E-state index in [9.17, 15) is 19.8 Å². The number of rotatable bonds is 5. The van der Waals surface area contributed by atoms with E-state index in [1.165, 1.54) is 10.5 Å². The molecule has 1 aliphatic carbocycles. The molecule has 32 heavy (non-hydrogen) atoms. The van der Waals surface area contributed by atoms with Crippen LogP contribution in [0.15, 0.2) is 46.5 Å². The van der Waals surface area contributed by atoms with Gasteiger partial charge in [0.15, 0.2) is 12.2 Å².